The number of methoxy groups -OCH3 is 2. The van der Waals surface area contributed by atoms with Crippen LogP contribution < -0.4 is 15.2 Å². The Balaban J connectivity index is 2.13. The van der Waals surface area contributed by atoms with Gasteiger partial charge in [-0.2, -0.15) is 0 Å². The van der Waals surface area contributed by atoms with Gasteiger partial charge in [-0.05, 0) is 41.8 Å². The highest BCUT2D eigenvalue weighted by Gasteiger charge is 2.42. The summed E-state index contributed by atoms with van der Waals surface area (Å²) in [6.07, 6.45) is -0.617. The average Bonchev–Trinajstić information content (AvgIpc) is 2.82. The zero-order valence-electron chi connectivity index (χ0n) is 15.3. The number of rotatable bonds is 4. The number of nitrogens with two attached hydrogens (primary N) is 1. The van der Waals surface area contributed by atoms with Crippen molar-refractivity contribution in [3.05, 3.63) is 47.3 Å². The quantitative estimate of drug-likeness (QED) is 0.887. The van der Waals surface area contributed by atoms with Gasteiger partial charge in [0.2, 0.25) is 0 Å². The van der Waals surface area contributed by atoms with Crippen molar-refractivity contribution >= 4 is 6.09 Å². The van der Waals surface area contributed by atoms with E-state index >= 15 is 0 Å². The molecule has 2 N–H and O–H groups in total. The Labute approximate surface area is 151 Å². The topological polar surface area (TPSA) is 70.8 Å². The fourth-order valence-electron chi connectivity index (χ4n) is 3.60. The molecule has 6 heteroatoms. The lowest BCUT2D eigenvalue weighted by molar-refractivity contribution is 0.0391. The molecule has 26 heavy (non-hydrogen) atoms. The number of ether oxygens (including phenoxy) is 3. The molecular weight excluding hydrogens is 337 g/mol. The lowest BCUT2D eigenvalue weighted by atomic mass is 9.87. The first-order valence-corrected chi connectivity index (χ1v) is 8.27. The van der Waals surface area contributed by atoms with Gasteiger partial charge in [0, 0.05) is 22.6 Å². The predicted molar refractivity (Wildman–Crippen MR) is 95.8 cm³/mol. The molecule has 0 aliphatic heterocycles. The molecule has 0 saturated carbocycles. The smallest absolute Gasteiger partial charge is 0.405 e. The zero-order chi connectivity index (χ0) is 19.1. The fraction of sp³-hybridized carbons (Fsp3) is 0.350. The largest absolute Gasteiger partial charge is 0.497 e. The van der Waals surface area contributed by atoms with Crippen molar-refractivity contribution in [3.8, 4) is 22.6 Å². The standard InChI is InChI=1S/C20H22FNO4/c1-20(2)10-11-7-15(13-6-5-12(24-3)8-16(13)21)17(25-4)9-14(11)18(20)26-19(22)23/h5-9,18H,10H2,1-4H3,(H2,22,23). The first-order valence-electron chi connectivity index (χ1n) is 8.27. The monoisotopic (exact) mass is 359 g/mol. The van der Waals surface area contributed by atoms with Crippen molar-refractivity contribution in [2.24, 2.45) is 11.1 Å². The number of hydrogen-bond acceptors (Lipinski definition) is 4. The van der Waals surface area contributed by atoms with E-state index in [4.69, 9.17) is 19.9 Å². The van der Waals surface area contributed by atoms with Crippen LogP contribution in [0.2, 0.25) is 0 Å². The molecule has 1 amide bonds. The van der Waals surface area contributed by atoms with E-state index in [1.165, 1.54) is 20.3 Å². The van der Waals surface area contributed by atoms with E-state index in [1.807, 2.05) is 19.9 Å². The second-order valence-electron chi connectivity index (χ2n) is 7.08. The van der Waals surface area contributed by atoms with Crippen LogP contribution in [0.25, 0.3) is 11.1 Å². The number of carbonyl (C=O) groups is 1. The summed E-state index contributed by atoms with van der Waals surface area (Å²) in [6.45, 7) is 4.00. The predicted octanol–water partition coefficient (Wildman–Crippen LogP) is 4.23. The highest BCUT2D eigenvalue weighted by Crippen LogP contribution is 2.50. The van der Waals surface area contributed by atoms with E-state index in [9.17, 15) is 9.18 Å². The Morgan fingerprint density at radius 1 is 1.15 bits per heavy atom. The third kappa shape index (κ3) is 3.07. The number of primary amides is 1. The molecule has 0 spiro atoms. The van der Waals surface area contributed by atoms with Gasteiger partial charge in [0.05, 0.1) is 14.2 Å². The van der Waals surface area contributed by atoms with E-state index in [0.29, 0.717) is 29.0 Å². The fourth-order valence-corrected chi connectivity index (χ4v) is 3.60. The average molecular weight is 359 g/mol. The van der Waals surface area contributed by atoms with E-state index in [2.05, 4.69) is 0 Å². The molecule has 2 aromatic rings. The molecule has 3 rings (SSSR count). The minimum Gasteiger partial charge on any atom is -0.497 e. The Morgan fingerprint density at radius 2 is 1.88 bits per heavy atom. The van der Waals surface area contributed by atoms with Gasteiger partial charge < -0.3 is 19.9 Å². The van der Waals surface area contributed by atoms with Crippen molar-refractivity contribution in [3.63, 3.8) is 0 Å². The van der Waals surface area contributed by atoms with Gasteiger partial charge in [-0.15, -0.1) is 0 Å². The maximum Gasteiger partial charge on any atom is 0.405 e. The first-order chi connectivity index (χ1) is 12.3. The van der Waals surface area contributed by atoms with Gasteiger partial charge in [-0.3, -0.25) is 0 Å². The number of amides is 1. The van der Waals surface area contributed by atoms with Gasteiger partial charge >= 0.3 is 6.09 Å². The number of carbonyl (C=O) groups excluding carboxylic acids is 1. The Bertz CT molecular complexity index is 863. The molecule has 0 saturated heterocycles. The molecule has 0 fully saturated rings. The third-order valence-electron chi connectivity index (χ3n) is 4.80. The number of hydrogen-bond donors (Lipinski definition) is 1. The highest BCUT2D eigenvalue weighted by atomic mass is 19.1. The van der Waals surface area contributed by atoms with Gasteiger partial charge in [0.25, 0.3) is 0 Å². The van der Waals surface area contributed by atoms with Crippen LogP contribution in [0.15, 0.2) is 30.3 Å². The summed E-state index contributed by atoms with van der Waals surface area (Å²) >= 11 is 0. The number of halogens is 1. The van der Waals surface area contributed by atoms with Crippen LogP contribution >= 0.6 is 0 Å². The zero-order valence-corrected chi connectivity index (χ0v) is 15.3. The molecule has 2 aromatic carbocycles. The molecule has 138 valence electrons. The molecule has 5 nitrogen and oxygen atoms in total. The second-order valence-corrected chi connectivity index (χ2v) is 7.08. The van der Waals surface area contributed by atoms with Gasteiger partial charge in [0.15, 0.2) is 0 Å². The summed E-state index contributed by atoms with van der Waals surface area (Å²) in [5.41, 5.74) is 7.79. The van der Waals surface area contributed by atoms with Crippen molar-refractivity contribution in [1.82, 2.24) is 0 Å². The summed E-state index contributed by atoms with van der Waals surface area (Å²) in [6, 6.07) is 8.40. The summed E-state index contributed by atoms with van der Waals surface area (Å²) in [5, 5.41) is 0. The molecule has 1 aliphatic rings. The summed E-state index contributed by atoms with van der Waals surface area (Å²) in [5.74, 6) is 0.552. The number of fused-ring (bicyclic) bond motifs is 1. The van der Waals surface area contributed by atoms with Crippen LogP contribution in [0.1, 0.15) is 31.1 Å². The molecule has 0 aromatic heterocycles. The Kier molecular flexibility index (Phi) is 4.52. The molecule has 0 heterocycles. The van der Waals surface area contributed by atoms with Crippen LogP contribution in [0.3, 0.4) is 0 Å². The van der Waals surface area contributed by atoms with Gasteiger partial charge in [0.1, 0.15) is 23.4 Å². The van der Waals surface area contributed by atoms with Gasteiger partial charge in [-0.25, -0.2) is 9.18 Å². The molecular formula is C20H22FNO4. The van der Waals surface area contributed by atoms with Crippen molar-refractivity contribution in [1.29, 1.82) is 0 Å². The maximum atomic E-state index is 14.6. The van der Waals surface area contributed by atoms with Crippen molar-refractivity contribution in [2.45, 2.75) is 26.4 Å². The van der Waals surface area contributed by atoms with Gasteiger partial charge in [-0.1, -0.05) is 13.8 Å². The van der Waals surface area contributed by atoms with E-state index < -0.39 is 18.0 Å². The van der Waals surface area contributed by atoms with Crippen LogP contribution in [0.5, 0.6) is 11.5 Å². The maximum absolute atomic E-state index is 14.6. The summed E-state index contributed by atoms with van der Waals surface area (Å²) in [7, 11) is 3.02. The molecule has 1 aliphatic carbocycles. The molecule has 1 unspecified atom stereocenters. The van der Waals surface area contributed by atoms with Crippen LogP contribution in [-0.4, -0.2) is 20.3 Å². The van der Waals surface area contributed by atoms with Crippen molar-refractivity contribution in [2.75, 3.05) is 14.2 Å². The summed E-state index contributed by atoms with van der Waals surface area (Å²) in [4.78, 5) is 11.3. The molecule has 0 bridgehead atoms. The van der Waals surface area contributed by atoms with E-state index in [-0.39, 0.29) is 5.41 Å². The van der Waals surface area contributed by atoms with Crippen molar-refractivity contribution < 1.29 is 23.4 Å². The lowest BCUT2D eigenvalue weighted by Gasteiger charge is -2.26. The summed E-state index contributed by atoms with van der Waals surface area (Å²) < 4.78 is 30.5. The Morgan fingerprint density at radius 3 is 2.46 bits per heavy atom. The molecule has 1 atom stereocenters. The Hall–Kier alpha value is -2.76. The van der Waals surface area contributed by atoms with Crippen LogP contribution in [-0.2, 0) is 11.2 Å². The minimum atomic E-state index is -0.819. The third-order valence-corrected chi connectivity index (χ3v) is 4.80. The number of benzene rings is 2. The molecule has 0 radical (unpaired) electrons. The normalized spacial score (nSPS) is 17.5. The lowest BCUT2D eigenvalue weighted by Crippen LogP contribution is -2.25. The highest BCUT2D eigenvalue weighted by molar-refractivity contribution is 5.74. The second kappa shape index (κ2) is 6.52. The first kappa shape index (κ1) is 18.0. The van der Waals surface area contributed by atoms with Crippen LogP contribution in [0, 0.1) is 11.2 Å². The van der Waals surface area contributed by atoms with E-state index in [1.54, 1.807) is 18.2 Å². The van der Waals surface area contributed by atoms with Crippen LogP contribution in [0.4, 0.5) is 9.18 Å². The van der Waals surface area contributed by atoms with E-state index in [0.717, 1.165) is 11.1 Å². The SMILES string of the molecule is COc1ccc(-c2cc3c(cc2OC)C(OC(N)=O)C(C)(C)C3)c(F)c1. The minimum absolute atomic E-state index is 0.320.